The summed E-state index contributed by atoms with van der Waals surface area (Å²) in [7, 11) is 0. The van der Waals surface area contributed by atoms with E-state index in [0.29, 0.717) is 23.7 Å². The number of nitrogens with zero attached hydrogens (tertiary/aromatic N) is 2. The number of pyridine rings is 1. The second-order valence-corrected chi connectivity index (χ2v) is 6.93. The van der Waals surface area contributed by atoms with Gasteiger partial charge in [0, 0.05) is 24.5 Å². The van der Waals surface area contributed by atoms with Crippen LogP contribution in [0.5, 0.6) is 5.75 Å². The van der Waals surface area contributed by atoms with Crippen molar-refractivity contribution in [2.75, 3.05) is 6.61 Å². The first-order valence-corrected chi connectivity index (χ1v) is 9.65. The Labute approximate surface area is 178 Å². The Hall–Kier alpha value is -4.13. The number of aliphatic hydroxyl groups is 1. The maximum Gasteiger partial charge on any atom is 0.296 e. The number of ketones is 1. The van der Waals surface area contributed by atoms with Gasteiger partial charge in [0.05, 0.1) is 11.8 Å². The lowest BCUT2D eigenvalue weighted by Crippen LogP contribution is -2.29. The Morgan fingerprint density at radius 2 is 2.00 bits per heavy atom. The lowest BCUT2D eigenvalue weighted by molar-refractivity contribution is -0.140. The van der Waals surface area contributed by atoms with E-state index in [1.54, 1.807) is 60.9 Å². The van der Waals surface area contributed by atoms with Crippen LogP contribution < -0.4 is 4.74 Å². The first-order valence-electron chi connectivity index (χ1n) is 9.65. The molecule has 7 heteroatoms. The standard InChI is InChI=1S/C24H20N2O5/c1-2-12-30-18-9-7-17(8-10-18)22(27)20-21(19-6-4-13-31-19)26(24(29)23(20)28)15-16-5-3-11-25-14-16/h2-11,13-14,21,27H,1,12,15H2/t21-/m0/s1. The van der Waals surface area contributed by atoms with Gasteiger partial charge in [0.1, 0.15) is 29.9 Å². The third-order valence-corrected chi connectivity index (χ3v) is 4.92. The number of Topliss-reactive ketones (excluding diaryl/α,β-unsaturated/α-hetero) is 1. The van der Waals surface area contributed by atoms with Gasteiger partial charge in [-0.15, -0.1) is 0 Å². The number of ether oxygens (including phenoxy) is 1. The number of aliphatic hydroxyl groups excluding tert-OH is 1. The van der Waals surface area contributed by atoms with Crippen molar-refractivity contribution in [3.63, 3.8) is 0 Å². The average molecular weight is 416 g/mol. The lowest BCUT2D eigenvalue weighted by atomic mass is 9.99. The number of likely N-dealkylation sites (tertiary alicyclic amines) is 1. The maximum absolute atomic E-state index is 12.9. The number of hydrogen-bond acceptors (Lipinski definition) is 6. The van der Waals surface area contributed by atoms with Crippen LogP contribution in [0.3, 0.4) is 0 Å². The molecule has 4 rings (SSSR count). The van der Waals surface area contributed by atoms with E-state index in [4.69, 9.17) is 9.15 Å². The molecule has 156 valence electrons. The van der Waals surface area contributed by atoms with Crippen LogP contribution in [0.25, 0.3) is 5.76 Å². The van der Waals surface area contributed by atoms with Gasteiger partial charge in [-0.2, -0.15) is 0 Å². The third kappa shape index (κ3) is 3.98. The summed E-state index contributed by atoms with van der Waals surface area (Å²) in [6.45, 7) is 4.10. The largest absolute Gasteiger partial charge is 0.507 e. The van der Waals surface area contributed by atoms with Crippen molar-refractivity contribution in [3.8, 4) is 5.75 Å². The summed E-state index contributed by atoms with van der Waals surface area (Å²) in [5.41, 5.74) is 1.12. The normalized spacial score (nSPS) is 17.7. The van der Waals surface area contributed by atoms with E-state index in [2.05, 4.69) is 11.6 Å². The van der Waals surface area contributed by atoms with Gasteiger partial charge in [0.15, 0.2) is 0 Å². The molecule has 1 aromatic carbocycles. The zero-order valence-electron chi connectivity index (χ0n) is 16.6. The molecule has 3 aromatic rings. The van der Waals surface area contributed by atoms with Crippen LogP contribution in [-0.4, -0.2) is 33.3 Å². The molecule has 2 aromatic heterocycles. The molecule has 0 aliphatic carbocycles. The predicted octanol–water partition coefficient (Wildman–Crippen LogP) is 3.86. The minimum absolute atomic E-state index is 0.0244. The number of benzene rings is 1. The molecule has 1 N–H and O–H groups in total. The van der Waals surface area contributed by atoms with E-state index in [9.17, 15) is 14.7 Å². The zero-order chi connectivity index (χ0) is 21.8. The number of carbonyl (C=O) groups excluding carboxylic acids is 2. The van der Waals surface area contributed by atoms with Crippen molar-refractivity contribution in [3.05, 3.63) is 102 Å². The Balaban J connectivity index is 1.75. The van der Waals surface area contributed by atoms with Crippen molar-refractivity contribution in [1.82, 2.24) is 9.88 Å². The summed E-state index contributed by atoms with van der Waals surface area (Å²) in [6, 6.07) is 12.7. The highest BCUT2D eigenvalue weighted by atomic mass is 16.5. The van der Waals surface area contributed by atoms with Gasteiger partial charge in [-0.05, 0) is 48.0 Å². The summed E-state index contributed by atoms with van der Waals surface area (Å²) in [4.78, 5) is 31.3. The Morgan fingerprint density at radius 3 is 2.65 bits per heavy atom. The van der Waals surface area contributed by atoms with Crippen molar-refractivity contribution in [2.45, 2.75) is 12.6 Å². The summed E-state index contributed by atoms with van der Waals surface area (Å²) in [6.07, 6.45) is 6.34. The zero-order valence-corrected chi connectivity index (χ0v) is 16.6. The summed E-state index contributed by atoms with van der Waals surface area (Å²) >= 11 is 0. The fourth-order valence-corrected chi connectivity index (χ4v) is 3.49. The fraction of sp³-hybridized carbons (Fsp3) is 0.125. The summed E-state index contributed by atoms with van der Waals surface area (Å²) in [5.74, 6) is -0.775. The smallest absolute Gasteiger partial charge is 0.296 e. The molecule has 1 saturated heterocycles. The molecule has 0 unspecified atom stereocenters. The molecule has 0 saturated carbocycles. The third-order valence-electron chi connectivity index (χ3n) is 4.92. The number of amides is 1. The van der Waals surface area contributed by atoms with Crippen molar-refractivity contribution in [2.24, 2.45) is 0 Å². The second kappa shape index (κ2) is 8.71. The highest BCUT2D eigenvalue weighted by molar-refractivity contribution is 6.46. The van der Waals surface area contributed by atoms with E-state index < -0.39 is 17.7 Å². The van der Waals surface area contributed by atoms with Crippen molar-refractivity contribution >= 4 is 17.4 Å². The number of hydrogen-bond donors (Lipinski definition) is 1. The van der Waals surface area contributed by atoms with E-state index in [1.165, 1.54) is 11.2 Å². The number of aromatic nitrogens is 1. The quantitative estimate of drug-likeness (QED) is 0.272. The van der Waals surface area contributed by atoms with Crippen LogP contribution >= 0.6 is 0 Å². The highest BCUT2D eigenvalue weighted by Crippen LogP contribution is 2.40. The molecule has 0 spiro atoms. The molecule has 0 radical (unpaired) electrons. The summed E-state index contributed by atoms with van der Waals surface area (Å²) < 4.78 is 11.0. The second-order valence-electron chi connectivity index (χ2n) is 6.93. The minimum atomic E-state index is -0.855. The Morgan fingerprint density at radius 1 is 1.19 bits per heavy atom. The molecule has 1 aliphatic heterocycles. The van der Waals surface area contributed by atoms with E-state index in [0.717, 1.165) is 5.56 Å². The van der Waals surface area contributed by atoms with Crippen LogP contribution in [0.15, 0.2) is 89.8 Å². The van der Waals surface area contributed by atoms with Gasteiger partial charge >= 0.3 is 0 Å². The van der Waals surface area contributed by atoms with Crippen LogP contribution in [-0.2, 0) is 16.1 Å². The number of rotatable bonds is 7. The predicted molar refractivity (Wildman–Crippen MR) is 113 cm³/mol. The van der Waals surface area contributed by atoms with Gasteiger partial charge in [0.25, 0.3) is 11.7 Å². The molecule has 7 nitrogen and oxygen atoms in total. The van der Waals surface area contributed by atoms with Crippen LogP contribution in [0.2, 0.25) is 0 Å². The first kappa shape index (κ1) is 20.2. The highest BCUT2D eigenvalue weighted by Gasteiger charge is 2.47. The van der Waals surface area contributed by atoms with E-state index >= 15 is 0 Å². The van der Waals surface area contributed by atoms with Gasteiger partial charge in [-0.3, -0.25) is 14.6 Å². The molecule has 1 amide bonds. The van der Waals surface area contributed by atoms with Crippen LogP contribution in [0.1, 0.15) is 22.9 Å². The van der Waals surface area contributed by atoms with Gasteiger partial charge in [0.2, 0.25) is 0 Å². The van der Waals surface area contributed by atoms with E-state index in [-0.39, 0.29) is 17.9 Å². The Kier molecular flexibility index (Phi) is 5.66. The van der Waals surface area contributed by atoms with E-state index in [1.807, 2.05) is 6.07 Å². The lowest BCUT2D eigenvalue weighted by Gasteiger charge is -2.23. The molecule has 1 fully saturated rings. The first-order chi connectivity index (χ1) is 15.1. The molecule has 0 bridgehead atoms. The maximum atomic E-state index is 12.9. The average Bonchev–Trinajstić information content (AvgIpc) is 3.41. The SMILES string of the molecule is C=CCOc1ccc(C(O)=C2C(=O)C(=O)N(Cc3cccnc3)[C@H]2c2ccco2)cc1. The molecular weight excluding hydrogens is 396 g/mol. The van der Waals surface area contributed by atoms with Crippen molar-refractivity contribution < 1.29 is 23.8 Å². The van der Waals surface area contributed by atoms with Gasteiger partial charge in [-0.1, -0.05) is 18.7 Å². The molecule has 31 heavy (non-hydrogen) atoms. The molecular formula is C24H20N2O5. The minimum Gasteiger partial charge on any atom is -0.507 e. The van der Waals surface area contributed by atoms with Gasteiger partial charge in [-0.25, -0.2) is 0 Å². The van der Waals surface area contributed by atoms with Gasteiger partial charge < -0.3 is 19.2 Å². The fourth-order valence-electron chi connectivity index (χ4n) is 3.49. The number of carbonyl (C=O) groups is 2. The van der Waals surface area contributed by atoms with Crippen LogP contribution in [0, 0.1) is 0 Å². The Bertz CT molecular complexity index is 1120. The summed E-state index contributed by atoms with van der Waals surface area (Å²) in [5, 5.41) is 11.0. The van der Waals surface area contributed by atoms with Crippen LogP contribution in [0.4, 0.5) is 0 Å². The number of furan rings is 1. The molecule has 3 heterocycles. The van der Waals surface area contributed by atoms with Crippen molar-refractivity contribution in [1.29, 1.82) is 0 Å². The molecule has 1 aliphatic rings. The monoisotopic (exact) mass is 416 g/mol. The molecule has 1 atom stereocenters. The topological polar surface area (TPSA) is 92.9 Å².